The predicted molar refractivity (Wildman–Crippen MR) is 131 cm³/mol. The van der Waals surface area contributed by atoms with Gasteiger partial charge >= 0.3 is 0 Å². The number of hydrogen-bond donors (Lipinski definition) is 4. The monoisotopic (exact) mass is 524 g/mol. The molecule has 0 unspecified atom stereocenters. The Morgan fingerprint density at radius 3 is 2.73 bits per heavy atom. The van der Waals surface area contributed by atoms with E-state index in [1.165, 1.54) is 6.33 Å². The van der Waals surface area contributed by atoms with Crippen molar-refractivity contribution in [1.29, 1.82) is 0 Å². The Balaban J connectivity index is 1.43. The van der Waals surface area contributed by atoms with Gasteiger partial charge in [-0.25, -0.2) is 5.10 Å². The van der Waals surface area contributed by atoms with E-state index in [-0.39, 0.29) is 30.5 Å². The van der Waals surface area contributed by atoms with Gasteiger partial charge in [-0.05, 0) is 42.8 Å². The highest BCUT2D eigenvalue weighted by Crippen LogP contribution is 2.34. The number of ketones is 1. The van der Waals surface area contributed by atoms with Crippen molar-refractivity contribution < 1.29 is 9.59 Å². The van der Waals surface area contributed by atoms with Gasteiger partial charge in [0.15, 0.2) is 5.78 Å². The van der Waals surface area contributed by atoms with Crippen LogP contribution in [0.3, 0.4) is 0 Å². The molecule has 0 saturated carbocycles. The van der Waals surface area contributed by atoms with E-state index >= 15 is 0 Å². The average Bonchev–Trinajstić information content (AvgIpc) is 3.50. The van der Waals surface area contributed by atoms with Crippen LogP contribution in [-0.4, -0.2) is 36.8 Å². The van der Waals surface area contributed by atoms with Crippen LogP contribution in [-0.2, 0) is 4.79 Å². The summed E-state index contributed by atoms with van der Waals surface area (Å²) in [6.45, 7) is 0. The standard InChI is InChI=1S/C23H18BrClN6O2/c24-13-4-6-15-17(10-13)29-22(18-9-12-8-14(25)5-7-16(12)28-18)21(15)19(32)2-1-3-20(33)30-23-26-11-27-31-23/h4-11,28-29H,1-3H2,(H2,26,27,30,31,33). The first-order chi connectivity index (χ1) is 16.0. The van der Waals surface area contributed by atoms with E-state index in [0.717, 1.165) is 32.0 Å². The summed E-state index contributed by atoms with van der Waals surface area (Å²) in [5, 5.41) is 11.3. The van der Waals surface area contributed by atoms with Crippen molar-refractivity contribution in [3.05, 3.63) is 63.9 Å². The van der Waals surface area contributed by atoms with E-state index < -0.39 is 0 Å². The van der Waals surface area contributed by atoms with Crippen LogP contribution in [0.2, 0.25) is 5.02 Å². The highest BCUT2D eigenvalue weighted by molar-refractivity contribution is 9.10. The molecule has 10 heteroatoms. The number of aromatic amines is 3. The van der Waals surface area contributed by atoms with Gasteiger partial charge in [-0.1, -0.05) is 33.6 Å². The Hall–Kier alpha value is -3.43. The first-order valence-corrected chi connectivity index (χ1v) is 11.4. The number of fused-ring (bicyclic) bond motifs is 2. The van der Waals surface area contributed by atoms with E-state index in [9.17, 15) is 9.59 Å². The molecule has 5 aromatic rings. The number of nitrogens with zero attached hydrogens (tertiary/aromatic N) is 2. The smallest absolute Gasteiger partial charge is 0.226 e. The highest BCUT2D eigenvalue weighted by atomic mass is 79.9. The molecule has 0 bridgehead atoms. The lowest BCUT2D eigenvalue weighted by Gasteiger charge is -2.04. The molecule has 0 aliphatic heterocycles. The minimum Gasteiger partial charge on any atom is -0.353 e. The van der Waals surface area contributed by atoms with Crippen LogP contribution in [0.1, 0.15) is 29.6 Å². The zero-order chi connectivity index (χ0) is 22.9. The summed E-state index contributed by atoms with van der Waals surface area (Å²) in [5.41, 5.74) is 3.89. The number of carbonyl (C=O) groups is 2. The fourth-order valence-electron chi connectivity index (χ4n) is 3.89. The Labute approximate surface area is 201 Å². The zero-order valence-corrected chi connectivity index (χ0v) is 19.5. The maximum absolute atomic E-state index is 13.3. The van der Waals surface area contributed by atoms with Gasteiger partial charge < -0.3 is 9.97 Å². The lowest BCUT2D eigenvalue weighted by atomic mass is 10.0. The predicted octanol–water partition coefficient (Wildman–Crippen LogP) is 5.84. The lowest BCUT2D eigenvalue weighted by molar-refractivity contribution is -0.116. The molecule has 33 heavy (non-hydrogen) atoms. The molecule has 0 aliphatic rings. The fraction of sp³-hybridized carbons (Fsp3) is 0.130. The zero-order valence-electron chi connectivity index (χ0n) is 17.2. The number of benzene rings is 2. The Morgan fingerprint density at radius 1 is 1.03 bits per heavy atom. The largest absolute Gasteiger partial charge is 0.353 e. The van der Waals surface area contributed by atoms with E-state index in [1.54, 1.807) is 0 Å². The molecule has 166 valence electrons. The minimum atomic E-state index is -0.227. The summed E-state index contributed by atoms with van der Waals surface area (Å²) in [6, 6.07) is 13.4. The number of anilines is 1. The summed E-state index contributed by atoms with van der Waals surface area (Å²) in [7, 11) is 0. The second-order valence-corrected chi connectivity index (χ2v) is 8.99. The molecule has 0 saturated heterocycles. The number of Topliss-reactive ketones (excluding diaryl/α,β-unsaturated/α-hetero) is 1. The minimum absolute atomic E-state index is 0.0391. The Morgan fingerprint density at radius 2 is 1.91 bits per heavy atom. The first kappa shape index (κ1) is 21.4. The van der Waals surface area contributed by atoms with Crippen molar-refractivity contribution in [3.8, 4) is 11.4 Å². The van der Waals surface area contributed by atoms with Crippen molar-refractivity contribution in [1.82, 2.24) is 25.1 Å². The van der Waals surface area contributed by atoms with Crippen LogP contribution in [0.4, 0.5) is 5.95 Å². The van der Waals surface area contributed by atoms with Gasteiger partial charge in [0.05, 0.1) is 17.0 Å². The number of nitrogens with one attached hydrogen (secondary N) is 4. The normalized spacial score (nSPS) is 11.3. The molecule has 0 spiro atoms. The molecule has 3 heterocycles. The van der Waals surface area contributed by atoms with Crippen LogP contribution in [0.25, 0.3) is 33.2 Å². The average molecular weight is 526 g/mol. The van der Waals surface area contributed by atoms with Crippen molar-refractivity contribution in [2.75, 3.05) is 5.32 Å². The van der Waals surface area contributed by atoms with Gasteiger partial charge in [0.25, 0.3) is 0 Å². The summed E-state index contributed by atoms with van der Waals surface area (Å²) < 4.78 is 0.911. The summed E-state index contributed by atoms with van der Waals surface area (Å²) in [4.78, 5) is 36.1. The van der Waals surface area contributed by atoms with Crippen molar-refractivity contribution in [3.63, 3.8) is 0 Å². The number of rotatable bonds is 7. The first-order valence-electron chi connectivity index (χ1n) is 10.3. The Bertz CT molecular complexity index is 1490. The van der Waals surface area contributed by atoms with Gasteiger partial charge in [-0.15, -0.1) is 0 Å². The molecule has 4 N–H and O–H groups in total. The van der Waals surface area contributed by atoms with E-state index in [2.05, 4.69) is 46.4 Å². The van der Waals surface area contributed by atoms with Gasteiger partial charge in [0.1, 0.15) is 6.33 Å². The van der Waals surface area contributed by atoms with Crippen molar-refractivity contribution >= 4 is 67.0 Å². The van der Waals surface area contributed by atoms with Gasteiger partial charge in [0.2, 0.25) is 11.9 Å². The van der Waals surface area contributed by atoms with Crippen LogP contribution in [0.15, 0.2) is 53.3 Å². The summed E-state index contributed by atoms with van der Waals surface area (Å²) in [5.74, 6) is 0.0209. The summed E-state index contributed by atoms with van der Waals surface area (Å²) >= 11 is 9.64. The van der Waals surface area contributed by atoms with Crippen molar-refractivity contribution in [2.24, 2.45) is 0 Å². The van der Waals surface area contributed by atoms with Crippen LogP contribution < -0.4 is 5.32 Å². The number of amides is 1. The molecular weight excluding hydrogens is 508 g/mol. The van der Waals surface area contributed by atoms with Crippen molar-refractivity contribution in [2.45, 2.75) is 19.3 Å². The SMILES string of the molecule is O=C(CCCC(=O)c1c(-c2cc3cc(Cl)ccc3[nH]2)[nH]c2cc(Br)ccc12)Nc1ncn[nH]1. The molecule has 5 rings (SSSR count). The molecule has 1 amide bonds. The fourth-order valence-corrected chi connectivity index (χ4v) is 4.44. The molecule has 8 nitrogen and oxygen atoms in total. The van der Waals surface area contributed by atoms with Crippen LogP contribution in [0, 0.1) is 0 Å². The van der Waals surface area contributed by atoms with Crippen LogP contribution >= 0.6 is 27.5 Å². The maximum Gasteiger partial charge on any atom is 0.226 e. The third-order valence-corrected chi connectivity index (χ3v) is 6.10. The number of hydrogen-bond acceptors (Lipinski definition) is 4. The summed E-state index contributed by atoms with van der Waals surface area (Å²) in [6.07, 6.45) is 2.14. The lowest BCUT2D eigenvalue weighted by Crippen LogP contribution is -2.13. The molecule has 0 fully saturated rings. The maximum atomic E-state index is 13.3. The van der Waals surface area contributed by atoms with E-state index in [1.807, 2.05) is 42.5 Å². The molecule has 3 aromatic heterocycles. The third kappa shape index (κ3) is 4.42. The van der Waals surface area contributed by atoms with Crippen LogP contribution in [0.5, 0.6) is 0 Å². The van der Waals surface area contributed by atoms with E-state index in [4.69, 9.17) is 11.6 Å². The second kappa shape index (κ2) is 8.84. The quantitative estimate of drug-likeness (QED) is 0.199. The topological polar surface area (TPSA) is 119 Å². The number of halogens is 2. The van der Waals surface area contributed by atoms with E-state index in [0.29, 0.717) is 22.7 Å². The van der Waals surface area contributed by atoms with Gasteiger partial charge in [-0.3, -0.25) is 14.9 Å². The van der Waals surface area contributed by atoms with Gasteiger partial charge in [0, 0.05) is 44.1 Å². The van der Waals surface area contributed by atoms with Gasteiger partial charge in [-0.2, -0.15) is 10.1 Å². The molecule has 0 radical (unpaired) electrons. The number of aromatic nitrogens is 5. The molecule has 0 atom stereocenters. The molecule has 2 aromatic carbocycles. The number of H-pyrrole nitrogens is 3. The Kier molecular flexibility index (Phi) is 5.74. The molecule has 0 aliphatic carbocycles. The number of carbonyl (C=O) groups excluding carboxylic acids is 2. The highest BCUT2D eigenvalue weighted by Gasteiger charge is 2.21. The third-order valence-electron chi connectivity index (χ3n) is 5.37. The second-order valence-electron chi connectivity index (χ2n) is 7.64. The molecular formula is C23H18BrClN6O2.